The molecule has 1 aliphatic rings. The molecule has 5 nitrogen and oxygen atoms in total. The molecule has 6 heteroatoms. The van der Waals surface area contributed by atoms with E-state index in [2.05, 4.69) is 35.6 Å². The summed E-state index contributed by atoms with van der Waals surface area (Å²) in [6, 6.07) is 4.58. The molecule has 24 heavy (non-hydrogen) atoms. The van der Waals surface area contributed by atoms with E-state index in [1.807, 2.05) is 23.9 Å². The zero-order valence-corrected chi connectivity index (χ0v) is 16.1. The summed E-state index contributed by atoms with van der Waals surface area (Å²) in [5.41, 5.74) is 0. The summed E-state index contributed by atoms with van der Waals surface area (Å²) in [4.78, 5) is 7.30. The lowest BCUT2D eigenvalue weighted by Gasteiger charge is -2.24. The highest BCUT2D eigenvalue weighted by Gasteiger charge is 2.22. The molecule has 0 bridgehead atoms. The first-order valence-electron chi connectivity index (χ1n) is 9.04. The number of guanidine groups is 1. The predicted octanol–water partition coefficient (Wildman–Crippen LogP) is 2.59. The first-order chi connectivity index (χ1) is 11.7. The molecule has 0 saturated carbocycles. The number of rotatable bonds is 9. The van der Waals surface area contributed by atoms with Crippen molar-refractivity contribution in [3.8, 4) is 0 Å². The molecule has 2 rings (SSSR count). The van der Waals surface area contributed by atoms with Gasteiger partial charge in [0.15, 0.2) is 5.96 Å². The lowest BCUT2D eigenvalue weighted by atomic mass is 10.2. The molecule has 0 amide bonds. The van der Waals surface area contributed by atoms with E-state index in [9.17, 15) is 0 Å². The third kappa shape index (κ3) is 6.40. The number of furan rings is 1. The zero-order valence-electron chi connectivity index (χ0n) is 15.3. The Labute approximate surface area is 150 Å². The molecule has 1 aromatic rings. The van der Waals surface area contributed by atoms with Gasteiger partial charge in [-0.05, 0) is 44.3 Å². The first-order valence-corrected chi connectivity index (χ1v) is 10.3. The minimum atomic E-state index is 0.535. The molecule has 136 valence electrons. The molecule has 0 spiro atoms. The molecule has 1 saturated heterocycles. The maximum atomic E-state index is 5.39. The number of hydrogen-bond acceptors (Lipinski definition) is 4. The second-order valence-electron chi connectivity index (χ2n) is 6.30. The summed E-state index contributed by atoms with van der Waals surface area (Å²) >= 11 is 1.85. The normalized spacial score (nSPS) is 20.3. The molecule has 2 unspecified atom stereocenters. The van der Waals surface area contributed by atoms with Gasteiger partial charge in [-0.2, -0.15) is 11.8 Å². The number of likely N-dealkylation sites (N-methyl/N-ethyl adjacent to an activating group) is 1. The van der Waals surface area contributed by atoms with Crippen LogP contribution in [0.2, 0.25) is 0 Å². The van der Waals surface area contributed by atoms with Crippen LogP contribution in [-0.2, 0) is 6.42 Å². The number of hydrogen-bond donors (Lipinski definition) is 2. The molecule has 1 fully saturated rings. The molecule has 0 radical (unpaired) electrons. The third-order valence-corrected chi connectivity index (χ3v) is 5.52. The Morgan fingerprint density at radius 3 is 3.08 bits per heavy atom. The van der Waals surface area contributed by atoms with Crippen LogP contribution in [0.1, 0.15) is 32.4 Å². The molecular weight excluding hydrogens is 320 g/mol. The van der Waals surface area contributed by atoms with E-state index >= 15 is 0 Å². The van der Waals surface area contributed by atoms with Crippen molar-refractivity contribution in [1.29, 1.82) is 0 Å². The Bertz CT molecular complexity index is 477. The van der Waals surface area contributed by atoms with Crippen molar-refractivity contribution < 1.29 is 4.42 Å². The number of aliphatic imine (C=N–C) groups is 1. The summed E-state index contributed by atoms with van der Waals surface area (Å²) in [6.45, 7) is 9.45. The van der Waals surface area contributed by atoms with E-state index in [4.69, 9.17) is 9.41 Å². The van der Waals surface area contributed by atoms with Crippen molar-refractivity contribution in [1.82, 2.24) is 15.5 Å². The fraction of sp³-hybridized carbons (Fsp3) is 0.722. The fourth-order valence-electron chi connectivity index (χ4n) is 2.98. The topological polar surface area (TPSA) is 52.8 Å². The first kappa shape index (κ1) is 19.2. The van der Waals surface area contributed by atoms with E-state index in [-0.39, 0.29) is 0 Å². The average molecular weight is 353 g/mol. The van der Waals surface area contributed by atoms with Crippen LogP contribution in [0, 0.1) is 0 Å². The molecule has 1 aliphatic heterocycles. The Morgan fingerprint density at radius 1 is 1.50 bits per heavy atom. The minimum absolute atomic E-state index is 0.535. The zero-order chi connectivity index (χ0) is 17.2. The average Bonchev–Trinajstić information content (AvgIpc) is 3.27. The van der Waals surface area contributed by atoms with Gasteiger partial charge in [0.2, 0.25) is 0 Å². The second-order valence-corrected chi connectivity index (χ2v) is 7.57. The van der Waals surface area contributed by atoms with Crippen LogP contribution in [0.5, 0.6) is 0 Å². The molecular formula is C18H32N4OS. The fourth-order valence-corrected chi connectivity index (χ4v) is 3.21. The van der Waals surface area contributed by atoms with Crippen molar-refractivity contribution in [2.24, 2.45) is 4.99 Å². The standard InChI is InChI=1S/C18H32N4OS/c1-4-22-11-5-7-16(22)14-21-18(20-13-15(2)24-3)19-10-9-17-8-6-12-23-17/h6,8,12,15-16H,4-5,7,9-11,13-14H2,1-3H3,(H2,19,20,21). The lowest BCUT2D eigenvalue weighted by Crippen LogP contribution is -2.45. The highest BCUT2D eigenvalue weighted by molar-refractivity contribution is 7.99. The van der Waals surface area contributed by atoms with Gasteiger partial charge < -0.3 is 15.1 Å². The van der Waals surface area contributed by atoms with Crippen molar-refractivity contribution in [2.45, 2.75) is 44.4 Å². The second kappa shape index (κ2) is 10.7. The maximum absolute atomic E-state index is 5.39. The molecule has 2 heterocycles. The van der Waals surface area contributed by atoms with E-state index in [1.165, 1.54) is 19.4 Å². The Hall–Kier alpha value is -1.14. The smallest absolute Gasteiger partial charge is 0.191 e. The number of nitrogens with one attached hydrogen (secondary N) is 2. The van der Waals surface area contributed by atoms with Gasteiger partial charge >= 0.3 is 0 Å². The molecule has 2 atom stereocenters. The summed E-state index contributed by atoms with van der Waals surface area (Å²) in [5, 5.41) is 7.52. The van der Waals surface area contributed by atoms with Crippen LogP contribution in [0.3, 0.4) is 0 Å². The SMILES string of the molecule is CCN1CCCC1CNC(=NCC(C)SC)NCCc1ccco1. The molecule has 0 aliphatic carbocycles. The van der Waals surface area contributed by atoms with Crippen LogP contribution < -0.4 is 10.6 Å². The van der Waals surface area contributed by atoms with E-state index < -0.39 is 0 Å². The number of thioether (sulfide) groups is 1. The van der Waals surface area contributed by atoms with Crippen molar-refractivity contribution in [3.05, 3.63) is 24.2 Å². The quantitative estimate of drug-likeness (QED) is 0.528. The minimum Gasteiger partial charge on any atom is -0.469 e. The van der Waals surface area contributed by atoms with Gasteiger partial charge in [0, 0.05) is 30.8 Å². The number of nitrogens with zero attached hydrogens (tertiary/aromatic N) is 2. The van der Waals surface area contributed by atoms with Crippen molar-refractivity contribution >= 4 is 17.7 Å². The van der Waals surface area contributed by atoms with Gasteiger partial charge in [0.1, 0.15) is 5.76 Å². The summed E-state index contributed by atoms with van der Waals surface area (Å²) in [6.07, 6.45) is 7.32. The number of likely N-dealkylation sites (tertiary alicyclic amines) is 1. The highest BCUT2D eigenvalue weighted by Crippen LogP contribution is 2.15. The van der Waals surface area contributed by atoms with E-state index in [0.29, 0.717) is 11.3 Å². The Morgan fingerprint density at radius 2 is 2.38 bits per heavy atom. The van der Waals surface area contributed by atoms with E-state index in [0.717, 1.165) is 44.3 Å². The van der Waals surface area contributed by atoms with Crippen LogP contribution in [0.25, 0.3) is 0 Å². The Kier molecular flexibility index (Phi) is 8.53. The van der Waals surface area contributed by atoms with E-state index in [1.54, 1.807) is 6.26 Å². The van der Waals surface area contributed by atoms with Gasteiger partial charge in [-0.25, -0.2) is 0 Å². The Balaban J connectivity index is 1.82. The van der Waals surface area contributed by atoms with Gasteiger partial charge in [0.05, 0.1) is 12.8 Å². The van der Waals surface area contributed by atoms with Gasteiger partial charge in [-0.1, -0.05) is 13.8 Å². The van der Waals surface area contributed by atoms with Crippen LogP contribution in [0.4, 0.5) is 0 Å². The van der Waals surface area contributed by atoms with Crippen LogP contribution in [0.15, 0.2) is 27.8 Å². The molecule has 1 aromatic heterocycles. The third-order valence-electron chi connectivity index (χ3n) is 4.56. The highest BCUT2D eigenvalue weighted by atomic mass is 32.2. The van der Waals surface area contributed by atoms with Crippen molar-refractivity contribution in [3.63, 3.8) is 0 Å². The van der Waals surface area contributed by atoms with Gasteiger partial charge in [0.25, 0.3) is 0 Å². The predicted molar refractivity (Wildman–Crippen MR) is 104 cm³/mol. The monoisotopic (exact) mass is 352 g/mol. The van der Waals surface area contributed by atoms with Gasteiger partial charge in [-0.15, -0.1) is 0 Å². The molecule has 0 aromatic carbocycles. The largest absolute Gasteiger partial charge is 0.469 e. The van der Waals surface area contributed by atoms with Gasteiger partial charge in [-0.3, -0.25) is 9.89 Å². The van der Waals surface area contributed by atoms with Crippen molar-refractivity contribution in [2.75, 3.05) is 39.0 Å². The summed E-state index contributed by atoms with van der Waals surface area (Å²) < 4.78 is 5.39. The summed E-state index contributed by atoms with van der Waals surface area (Å²) in [5.74, 6) is 1.93. The molecule has 2 N–H and O–H groups in total. The lowest BCUT2D eigenvalue weighted by molar-refractivity contribution is 0.267. The maximum Gasteiger partial charge on any atom is 0.191 e. The van der Waals surface area contributed by atoms with Crippen LogP contribution in [-0.4, -0.2) is 61.1 Å². The van der Waals surface area contributed by atoms with Crippen LogP contribution >= 0.6 is 11.8 Å². The summed E-state index contributed by atoms with van der Waals surface area (Å²) in [7, 11) is 0.